The molecule has 0 radical (unpaired) electrons. The number of sulfone groups is 1. The number of hydrogen-bond acceptors (Lipinski definition) is 4. The smallest absolute Gasteiger partial charge is 0.177 e. The maximum atomic E-state index is 11.5. The van der Waals surface area contributed by atoms with Crippen LogP contribution < -0.4 is 0 Å². The molecule has 0 saturated heterocycles. The fraction of sp³-hybridized carbons (Fsp3) is 0.0667. The Bertz CT molecular complexity index is 853. The van der Waals surface area contributed by atoms with E-state index in [-0.39, 0.29) is 4.90 Å². The Morgan fingerprint density at radius 1 is 1.00 bits per heavy atom. The monoisotopic (exact) mass is 299 g/mol. The molecule has 0 saturated carbocycles. The zero-order chi connectivity index (χ0) is 14.9. The standard InChI is InChI=1S/C15H13N3O2S/c1-21(19,20)13-7-8-15(17-9-13)18-11-16-10-14(18)12-5-3-2-4-6-12/h2-11H,1H3. The molecule has 5 nitrogen and oxygen atoms in total. The van der Waals surface area contributed by atoms with Crippen molar-refractivity contribution in [1.29, 1.82) is 0 Å². The molecule has 0 amide bonds. The van der Waals surface area contributed by atoms with Gasteiger partial charge >= 0.3 is 0 Å². The van der Waals surface area contributed by atoms with E-state index in [9.17, 15) is 8.42 Å². The Hall–Kier alpha value is -2.47. The molecule has 2 aromatic heterocycles. The van der Waals surface area contributed by atoms with Crippen molar-refractivity contribution < 1.29 is 8.42 Å². The molecule has 3 rings (SSSR count). The normalized spacial score (nSPS) is 11.5. The summed E-state index contributed by atoms with van der Waals surface area (Å²) in [5, 5.41) is 0. The van der Waals surface area contributed by atoms with E-state index >= 15 is 0 Å². The molecule has 0 fully saturated rings. The average molecular weight is 299 g/mol. The fourth-order valence-electron chi connectivity index (χ4n) is 2.03. The minimum Gasteiger partial charge on any atom is -0.283 e. The molecule has 106 valence electrons. The Kier molecular flexibility index (Phi) is 3.31. The summed E-state index contributed by atoms with van der Waals surface area (Å²) >= 11 is 0. The third-order valence-electron chi connectivity index (χ3n) is 3.10. The van der Waals surface area contributed by atoms with Crippen LogP contribution in [0.15, 0.2) is 66.1 Å². The molecule has 6 heteroatoms. The van der Waals surface area contributed by atoms with E-state index in [1.165, 1.54) is 6.20 Å². The zero-order valence-electron chi connectivity index (χ0n) is 11.3. The SMILES string of the molecule is CS(=O)(=O)c1ccc(-n2cncc2-c2ccccc2)nc1. The highest BCUT2D eigenvalue weighted by Crippen LogP contribution is 2.21. The van der Waals surface area contributed by atoms with Gasteiger partial charge in [0.2, 0.25) is 0 Å². The predicted molar refractivity (Wildman–Crippen MR) is 79.9 cm³/mol. The Morgan fingerprint density at radius 3 is 2.38 bits per heavy atom. The zero-order valence-corrected chi connectivity index (χ0v) is 12.2. The maximum absolute atomic E-state index is 11.5. The number of benzene rings is 1. The van der Waals surface area contributed by atoms with E-state index in [0.717, 1.165) is 17.5 Å². The van der Waals surface area contributed by atoms with Crippen LogP contribution in [0.4, 0.5) is 0 Å². The van der Waals surface area contributed by atoms with Crippen LogP contribution in [0.2, 0.25) is 0 Å². The molecule has 0 bridgehead atoms. The van der Waals surface area contributed by atoms with Gasteiger partial charge in [0, 0.05) is 18.0 Å². The first kappa shape index (κ1) is 13.5. The molecule has 0 N–H and O–H groups in total. The molecule has 0 unspecified atom stereocenters. The molecule has 1 aromatic carbocycles. The molecule has 0 aliphatic rings. The predicted octanol–water partition coefficient (Wildman–Crippen LogP) is 2.34. The van der Waals surface area contributed by atoms with E-state index in [1.807, 2.05) is 34.9 Å². The van der Waals surface area contributed by atoms with Gasteiger partial charge in [0.05, 0.1) is 16.8 Å². The summed E-state index contributed by atoms with van der Waals surface area (Å²) in [5.74, 6) is 0.624. The van der Waals surface area contributed by atoms with Crippen molar-refractivity contribution in [2.45, 2.75) is 4.90 Å². The lowest BCUT2D eigenvalue weighted by molar-refractivity contribution is 0.601. The minimum atomic E-state index is -3.24. The summed E-state index contributed by atoms with van der Waals surface area (Å²) in [6.07, 6.45) is 5.93. The van der Waals surface area contributed by atoms with Crippen LogP contribution in [0.3, 0.4) is 0 Å². The molecular weight excluding hydrogens is 286 g/mol. The average Bonchev–Trinajstić information content (AvgIpc) is 2.97. The molecular formula is C15H13N3O2S. The van der Waals surface area contributed by atoms with E-state index in [2.05, 4.69) is 9.97 Å². The van der Waals surface area contributed by atoms with Crippen molar-refractivity contribution in [2.24, 2.45) is 0 Å². The van der Waals surface area contributed by atoms with Crippen molar-refractivity contribution in [3.63, 3.8) is 0 Å². The minimum absolute atomic E-state index is 0.202. The number of aromatic nitrogens is 3. The Morgan fingerprint density at radius 2 is 1.76 bits per heavy atom. The molecule has 21 heavy (non-hydrogen) atoms. The van der Waals surface area contributed by atoms with Gasteiger partial charge in [-0.25, -0.2) is 18.4 Å². The quantitative estimate of drug-likeness (QED) is 0.744. The van der Waals surface area contributed by atoms with Gasteiger partial charge in [0.25, 0.3) is 0 Å². The summed E-state index contributed by atoms with van der Waals surface area (Å²) in [6, 6.07) is 13.0. The summed E-state index contributed by atoms with van der Waals surface area (Å²) in [6.45, 7) is 0. The van der Waals surface area contributed by atoms with Crippen molar-refractivity contribution in [1.82, 2.24) is 14.5 Å². The maximum Gasteiger partial charge on any atom is 0.177 e. The Balaban J connectivity index is 2.05. The van der Waals surface area contributed by atoms with Crippen molar-refractivity contribution >= 4 is 9.84 Å². The first-order chi connectivity index (χ1) is 10.1. The number of hydrogen-bond donors (Lipinski definition) is 0. The first-order valence-electron chi connectivity index (χ1n) is 6.30. The number of nitrogens with zero attached hydrogens (tertiary/aromatic N) is 3. The second kappa shape index (κ2) is 5.14. The summed E-state index contributed by atoms with van der Waals surface area (Å²) in [5.41, 5.74) is 1.92. The second-order valence-corrected chi connectivity index (χ2v) is 6.65. The largest absolute Gasteiger partial charge is 0.283 e. The topological polar surface area (TPSA) is 64.8 Å². The third kappa shape index (κ3) is 2.71. The van der Waals surface area contributed by atoms with Gasteiger partial charge in [-0.3, -0.25) is 4.57 Å². The summed E-state index contributed by atoms with van der Waals surface area (Å²) < 4.78 is 24.7. The lowest BCUT2D eigenvalue weighted by Crippen LogP contribution is -2.02. The molecule has 0 spiro atoms. The lowest BCUT2D eigenvalue weighted by Gasteiger charge is -2.07. The number of imidazole rings is 1. The Labute approximate surface area is 122 Å². The van der Waals surface area contributed by atoms with Gasteiger partial charge in [-0.2, -0.15) is 0 Å². The third-order valence-corrected chi connectivity index (χ3v) is 4.20. The second-order valence-electron chi connectivity index (χ2n) is 4.64. The van der Waals surface area contributed by atoms with Gasteiger partial charge in [-0.1, -0.05) is 30.3 Å². The van der Waals surface area contributed by atoms with Crippen molar-refractivity contribution in [3.05, 3.63) is 61.2 Å². The number of pyridine rings is 1. The highest BCUT2D eigenvalue weighted by atomic mass is 32.2. The van der Waals surface area contributed by atoms with Gasteiger partial charge in [0.1, 0.15) is 12.1 Å². The van der Waals surface area contributed by atoms with Gasteiger partial charge in [-0.05, 0) is 12.1 Å². The molecule has 0 aliphatic heterocycles. The lowest BCUT2D eigenvalue weighted by atomic mass is 10.2. The fourth-order valence-corrected chi connectivity index (χ4v) is 2.59. The summed E-state index contributed by atoms with van der Waals surface area (Å²) in [7, 11) is -3.24. The van der Waals surface area contributed by atoms with Crippen molar-refractivity contribution in [3.8, 4) is 17.1 Å². The van der Waals surface area contributed by atoms with Gasteiger partial charge in [-0.15, -0.1) is 0 Å². The van der Waals surface area contributed by atoms with Crippen molar-refractivity contribution in [2.75, 3.05) is 6.26 Å². The van der Waals surface area contributed by atoms with E-state index in [1.54, 1.807) is 24.7 Å². The highest BCUT2D eigenvalue weighted by molar-refractivity contribution is 7.90. The van der Waals surface area contributed by atoms with E-state index in [4.69, 9.17) is 0 Å². The van der Waals surface area contributed by atoms with Crippen LogP contribution >= 0.6 is 0 Å². The van der Waals surface area contributed by atoms with Crippen LogP contribution in [0.5, 0.6) is 0 Å². The van der Waals surface area contributed by atoms with Crippen LogP contribution in [0.1, 0.15) is 0 Å². The molecule has 3 aromatic rings. The van der Waals surface area contributed by atoms with Gasteiger partial charge in [0.15, 0.2) is 9.84 Å². The van der Waals surface area contributed by atoms with Crippen LogP contribution in [-0.4, -0.2) is 29.2 Å². The van der Waals surface area contributed by atoms with Crippen LogP contribution in [0.25, 0.3) is 17.1 Å². The highest BCUT2D eigenvalue weighted by Gasteiger charge is 2.10. The van der Waals surface area contributed by atoms with Gasteiger partial charge < -0.3 is 0 Å². The molecule has 0 aliphatic carbocycles. The van der Waals surface area contributed by atoms with E-state index in [0.29, 0.717) is 5.82 Å². The van der Waals surface area contributed by atoms with Crippen LogP contribution in [-0.2, 0) is 9.84 Å². The van der Waals surface area contributed by atoms with E-state index < -0.39 is 9.84 Å². The van der Waals surface area contributed by atoms with Crippen LogP contribution in [0, 0.1) is 0 Å². The number of rotatable bonds is 3. The molecule has 2 heterocycles. The summed E-state index contributed by atoms with van der Waals surface area (Å²) in [4.78, 5) is 8.57. The molecule has 0 atom stereocenters. The first-order valence-corrected chi connectivity index (χ1v) is 8.19.